The molecule has 1 N–H and O–H groups in total. The van der Waals surface area contributed by atoms with Gasteiger partial charge >= 0.3 is 0 Å². The number of hydrogen-bond acceptors (Lipinski definition) is 4. The minimum Gasteiger partial charge on any atom is -0.493 e. The minimum absolute atomic E-state index is 0.238. The molecule has 0 aromatic heterocycles. The molecular formula is C23H22FNO4. The van der Waals surface area contributed by atoms with Crippen LogP contribution in [0.5, 0.6) is 17.2 Å². The van der Waals surface area contributed by atoms with Crippen molar-refractivity contribution >= 4 is 5.91 Å². The van der Waals surface area contributed by atoms with E-state index in [4.69, 9.17) is 14.2 Å². The van der Waals surface area contributed by atoms with Crippen molar-refractivity contribution in [3.63, 3.8) is 0 Å². The molecule has 0 atom stereocenters. The molecule has 6 heteroatoms. The molecule has 1 amide bonds. The molecule has 3 aromatic carbocycles. The zero-order valence-corrected chi connectivity index (χ0v) is 16.1. The van der Waals surface area contributed by atoms with E-state index in [1.54, 1.807) is 49.6 Å². The lowest BCUT2D eigenvalue weighted by Crippen LogP contribution is -2.28. The number of carbonyl (C=O) groups is 1. The van der Waals surface area contributed by atoms with Crippen LogP contribution in [0.15, 0.2) is 72.8 Å². The SMILES string of the molecule is COc1ccccc1OCCNC(=O)c1ccccc1OCc1ccc(F)cc1. The third-order valence-electron chi connectivity index (χ3n) is 4.15. The molecule has 0 radical (unpaired) electrons. The largest absolute Gasteiger partial charge is 0.493 e. The van der Waals surface area contributed by atoms with Crippen LogP contribution in [-0.4, -0.2) is 26.2 Å². The Bertz CT molecular complexity index is 944. The molecule has 0 saturated heterocycles. The van der Waals surface area contributed by atoms with E-state index in [9.17, 15) is 9.18 Å². The summed E-state index contributed by atoms with van der Waals surface area (Å²) in [6.07, 6.45) is 0. The lowest BCUT2D eigenvalue weighted by molar-refractivity contribution is 0.0942. The third-order valence-corrected chi connectivity index (χ3v) is 4.15. The highest BCUT2D eigenvalue weighted by Crippen LogP contribution is 2.25. The van der Waals surface area contributed by atoms with Gasteiger partial charge in [-0.1, -0.05) is 36.4 Å². The number of methoxy groups -OCH3 is 1. The van der Waals surface area contributed by atoms with Crippen molar-refractivity contribution in [1.82, 2.24) is 5.32 Å². The number of ether oxygens (including phenoxy) is 3. The number of amides is 1. The fraction of sp³-hybridized carbons (Fsp3) is 0.174. The molecular weight excluding hydrogens is 373 g/mol. The van der Waals surface area contributed by atoms with Crippen LogP contribution in [0.3, 0.4) is 0 Å². The van der Waals surface area contributed by atoms with Gasteiger partial charge in [0.1, 0.15) is 24.8 Å². The Kier molecular flexibility index (Phi) is 7.05. The van der Waals surface area contributed by atoms with Gasteiger partial charge in [-0.3, -0.25) is 4.79 Å². The summed E-state index contributed by atoms with van der Waals surface area (Å²) < 4.78 is 29.7. The van der Waals surface area contributed by atoms with Crippen LogP contribution in [0.2, 0.25) is 0 Å². The van der Waals surface area contributed by atoms with Crippen LogP contribution in [0.1, 0.15) is 15.9 Å². The Labute approximate surface area is 169 Å². The van der Waals surface area contributed by atoms with Crippen molar-refractivity contribution in [2.75, 3.05) is 20.3 Å². The fourth-order valence-corrected chi connectivity index (χ4v) is 2.68. The van der Waals surface area contributed by atoms with Gasteiger partial charge in [0.15, 0.2) is 11.5 Å². The van der Waals surface area contributed by atoms with Crippen LogP contribution in [-0.2, 0) is 6.61 Å². The van der Waals surface area contributed by atoms with E-state index >= 15 is 0 Å². The molecule has 150 valence electrons. The van der Waals surface area contributed by atoms with E-state index < -0.39 is 0 Å². The summed E-state index contributed by atoms with van der Waals surface area (Å²) in [5.74, 6) is 1.15. The second-order valence-corrected chi connectivity index (χ2v) is 6.17. The van der Waals surface area contributed by atoms with Crippen molar-refractivity contribution < 1.29 is 23.4 Å². The molecule has 0 aliphatic rings. The summed E-state index contributed by atoms with van der Waals surface area (Å²) >= 11 is 0. The normalized spacial score (nSPS) is 10.3. The first-order valence-corrected chi connectivity index (χ1v) is 9.17. The van der Waals surface area contributed by atoms with E-state index in [0.717, 1.165) is 5.56 Å². The Hall–Kier alpha value is -3.54. The van der Waals surface area contributed by atoms with Gasteiger partial charge in [-0.25, -0.2) is 4.39 Å². The van der Waals surface area contributed by atoms with Crippen molar-refractivity contribution in [2.24, 2.45) is 0 Å². The Morgan fingerprint density at radius 2 is 1.52 bits per heavy atom. The van der Waals surface area contributed by atoms with Gasteiger partial charge < -0.3 is 19.5 Å². The lowest BCUT2D eigenvalue weighted by Gasteiger charge is -2.13. The highest BCUT2D eigenvalue weighted by molar-refractivity contribution is 5.96. The van der Waals surface area contributed by atoms with Crippen LogP contribution < -0.4 is 19.5 Å². The molecule has 3 rings (SSSR count). The predicted octanol–water partition coefficient (Wildman–Crippen LogP) is 4.22. The molecule has 0 saturated carbocycles. The average molecular weight is 395 g/mol. The number of rotatable bonds is 9. The number of carbonyl (C=O) groups excluding carboxylic acids is 1. The van der Waals surface area contributed by atoms with Gasteiger partial charge in [0.25, 0.3) is 5.91 Å². The van der Waals surface area contributed by atoms with Gasteiger partial charge in [0.05, 0.1) is 19.2 Å². The van der Waals surface area contributed by atoms with E-state index in [2.05, 4.69) is 5.32 Å². The Morgan fingerprint density at radius 1 is 0.862 bits per heavy atom. The van der Waals surface area contributed by atoms with Crippen molar-refractivity contribution in [3.05, 3.63) is 89.7 Å². The Morgan fingerprint density at radius 3 is 2.24 bits per heavy atom. The molecule has 0 unspecified atom stereocenters. The fourth-order valence-electron chi connectivity index (χ4n) is 2.68. The number of para-hydroxylation sites is 3. The van der Waals surface area contributed by atoms with Crippen molar-refractivity contribution in [2.45, 2.75) is 6.61 Å². The summed E-state index contributed by atoms with van der Waals surface area (Å²) in [7, 11) is 1.58. The van der Waals surface area contributed by atoms with Gasteiger partial charge in [-0.05, 0) is 42.0 Å². The molecule has 0 fully saturated rings. The molecule has 0 spiro atoms. The molecule has 3 aromatic rings. The minimum atomic E-state index is -0.302. The van der Waals surface area contributed by atoms with E-state index in [-0.39, 0.29) is 18.3 Å². The number of nitrogens with one attached hydrogen (secondary N) is 1. The molecule has 0 bridgehead atoms. The van der Waals surface area contributed by atoms with Gasteiger partial charge in [-0.15, -0.1) is 0 Å². The number of halogens is 1. The second kappa shape index (κ2) is 10.1. The zero-order chi connectivity index (χ0) is 20.5. The van der Waals surface area contributed by atoms with Gasteiger partial charge in [-0.2, -0.15) is 0 Å². The maximum absolute atomic E-state index is 13.0. The van der Waals surface area contributed by atoms with E-state index in [0.29, 0.717) is 36.0 Å². The monoisotopic (exact) mass is 395 g/mol. The lowest BCUT2D eigenvalue weighted by atomic mass is 10.2. The topological polar surface area (TPSA) is 56.8 Å². The maximum Gasteiger partial charge on any atom is 0.255 e. The van der Waals surface area contributed by atoms with Crippen molar-refractivity contribution in [3.8, 4) is 17.2 Å². The van der Waals surface area contributed by atoms with E-state index in [1.807, 2.05) is 18.2 Å². The van der Waals surface area contributed by atoms with E-state index in [1.165, 1.54) is 12.1 Å². The zero-order valence-electron chi connectivity index (χ0n) is 16.1. The standard InChI is InChI=1S/C23H22FNO4/c1-27-21-8-4-5-9-22(21)28-15-14-25-23(26)19-6-2-3-7-20(19)29-16-17-10-12-18(24)13-11-17/h2-13H,14-16H2,1H3,(H,25,26). The summed E-state index contributed by atoms with van der Waals surface area (Å²) in [5.41, 5.74) is 1.23. The van der Waals surface area contributed by atoms with Gasteiger partial charge in [0, 0.05) is 0 Å². The van der Waals surface area contributed by atoms with Crippen LogP contribution in [0.25, 0.3) is 0 Å². The summed E-state index contributed by atoms with van der Waals surface area (Å²) in [6, 6.07) is 20.3. The van der Waals surface area contributed by atoms with Crippen LogP contribution >= 0.6 is 0 Å². The van der Waals surface area contributed by atoms with Crippen LogP contribution in [0.4, 0.5) is 4.39 Å². The number of hydrogen-bond donors (Lipinski definition) is 1. The first kappa shape index (κ1) is 20.2. The number of benzene rings is 3. The van der Waals surface area contributed by atoms with Crippen LogP contribution in [0, 0.1) is 5.82 Å². The summed E-state index contributed by atoms with van der Waals surface area (Å²) in [4.78, 5) is 12.5. The third kappa shape index (κ3) is 5.72. The molecule has 5 nitrogen and oxygen atoms in total. The van der Waals surface area contributed by atoms with Crippen molar-refractivity contribution in [1.29, 1.82) is 0 Å². The molecule has 29 heavy (non-hydrogen) atoms. The average Bonchev–Trinajstić information content (AvgIpc) is 2.76. The molecule has 0 aliphatic heterocycles. The first-order valence-electron chi connectivity index (χ1n) is 9.17. The molecule has 0 aliphatic carbocycles. The highest BCUT2D eigenvalue weighted by atomic mass is 19.1. The quantitative estimate of drug-likeness (QED) is 0.551. The second-order valence-electron chi connectivity index (χ2n) is 6.17. The predicted molar refractivity (Wildman–Crippen MR) is 108 cm³/mol. The first-order chi connectivity index (χ1) is 14.2. The maximum atomic E-state index is 13.0. The summed E-state index contributed by atoms with van der Waals surface area (Å²) in [5, 5.41) is 2.82. The van der Waals surface area contributed by atoms with Gasteiger partial charge in [0.2, 0.25) is 0 Å². The Balaban J connectivity index is 1.53. The highest BCUT2D eigenvalue weighted by Gasteiger charge is 2.12. The summed E-state index contributed by atoms with van der Waals surface area (Å²) in [6.45, 7) is 0.857. The smallest absolute Gasteiger partial charge is 0.255 e. The molecule has 0 heterocycles.